The number of piperazine rings is 1. The van der Waals surface area contributed by atoms with Crippen LogP contribution < -0.4 is 15.1 Å². The van der Waals surface area contributed by atoms with Gasteiger partial charge in [0.1, 0.15) is 5.82 Å². The number of nitrogens with one attached hydrogen (secondary N) is 2. The van der Waals surface area contributed by atoms with Gasteiger partial charge in [-0.15, -0.1) is 0 Å². The number of amides is 1. The summed E-state index contributed by atoms with van der Waals surface area (Å²) in [6.07, 6.45) is 0. The molecule has 0 radical (unpaired) electrons. The number of carbonyl (C=O) groups excluding carboxylic acids is 1. The van der Waals surface area contributed by atoms with Gasteiger partial charge in [0.25, 0.3) is 5.91 Å². The Labute approximate surface area is 152 Å². The van der Waals surface area contributed by atoms with Gasteiger partial charge in [-0.3, -0.25) is 4.79 Å². The van der Waals surface area contributed by atoms with Crippen LogP contribution in [-0.4, -0.2) is 38.6 Å². The standard InChI is InChI=1S/C19H21ClFN3O/c1-14-5-6-16(21)12-18(14)22-19(25)13-23-7-9-24(10-8-23)17-4-2-3-15(20)11-17/h2-6,11-12H,7-10,13H2,1H3,(H,22,25)/p+1. The second-order valence-electron chi connectivity index (χ2n) is 6.40. The van der Waals surface area contributed by atoms with E-state index in [4.69, 9.17) is 11.6 Å². The molecule has 0 unspecified atom stereocenters. The summed E-state index contributed by atoms with van der Waals surface area (Å²) >= 11 is 6.05. The van der Waals surface area contributed by atoms with E-state index in [-0.39, 0.29) is 11.7 Å². The summed E-state index contributed by atoms with van der Waals surface area (Å²) < 4.78 is 13.3. The molecule has 0 saturated carbocycles. The maximum Gasteiger partial charge on any atom is 0.279 e. The maximum absolute atomic E-state index is 13.3. The highest BCUT2D eigenvalue weighted by atomic mass is 35.5. The normalized spacial score (nSPS) is 15.2. The van der Waals surface area contributed by atoms with Crippen molar-refractivity contribution >= 4 is 28.9 Å². The zero-order valence-electron chi connectivity index (χ0n) is 14.2. The highest BCUT2D eigenvalue weighted by Crippen LogP contribution is 2.19. The fourth-order valence-corrected chi connectivity index (χ4v) is 3.27. The number of halogens is 2. The monoisotopic (exact) mass is 362 g/mol. The fourth-order valence-electron chi connectivity index (χ4n) is 3.08. The highest BCUT2D eigenvalue weighted by molar-refractivity contribution is 6.30. The van der Waals surface area contributed by atoms with Crippen LogP contribution in [0.15, 0.2) is 42.5 Å². The van der Waals surface area contributed by atoms with Crippen LogP contribution in [0.2, 0.25) is 5.02 Å². The van der Waals surface area contributed by atoms with Crippen LogP contribution in [0.25, 0.3) is 0 Å². The molecule has 1 saturated heterocycles. The van der Waals surface area contributed by atoms with Gasteiger partial charge >= 0.3 is 0 Å². The molecule has 132 valence electrons. The van der Waals surface area contributed by atoms with Gasteiger partial charge in [0, 0.05) is 16.4 Å². The molecule has 0 atom stereocenters. The van der Waals surface area contributed by atoms with Crippen molar-refractivity contribution in [1.82, 2.24) is 0 Å². The lowest BCUT2D eigenvalue weighted by atomic mass is 10.2. The first-order valence-electron chi connectivity index (χ1n) is 8.41. The Bertz CT molecular complexity index is 760. The quantitative estimate of drug-likeness (QED) is 0.874. The molecule has 1 amide bonds. The second kappa shape index (κ2) is 7.85. The van der Waals surface area contributed by atoms with Gasteiger partial charge in [-0.1, -0.05) is 23.7 Å². The lowest BCUT2D eigenvalue weighted by molar-refractivity contribution is -0.892. The van der Waals surface area contributed by atoms with Crippen LogP contribution in [-0.2, 0) is 4.79 Å². The van der Waals surface area contributed by atoms with E-state index < -0.39 is 0 Å². The Hall–Kier alpha value is -2.11. The number of benzene rings is 2. The molecule has 0 spiro atoms. The minimum atomic E-state index is -0.344. The summed E-state index contributed by atoms with van der Waals surface area (Å²) in [6.45, 7) is 5.75. The zero-order valence-corrected chi connectivity index (χ0v) is 14.9. The largest absolute Gasteiger partial charge is 0.360 e. The molecule has 1 aliphatic rings. The molecule has 25 heavy (non-hydrogen) atoms. The molecule has 2 aromatic rings. The molecule has 4 nitrogen and oxygen atoms in total. The molecule has 2 aromatic carbocycles. The highest BCUT2D eigenvalue weighted by Gasteiger charge is 2.22. The van der Waals surface area contributed by atoms with E-state index in [1.54, 1.807) is 6.07 Å². The molecule has 0 aromatic heterocycles. The summed E-state index contributed by atoms with van der Waals surface area (Å²) in [5, 5.41) is 3.55. The Morgan fingerprint density at radius 2 is 2.00 bits per heavy atom. The van der Waals surface area contributed by atoms with E-state index in [1.165, 1.54) is 17.0 Å². The number of carbonyl (C=O) groups is 1. The van der Waals surface area contributed by atoms with E-state index in [0.29, 0.717) is 12.2 Å². The van der Waals surface area contributed by atoms with Crippen molar-refractivity contribution in [3.05, 3.63) is 58.9 Å². The molecular formula is C19H22ClFN3O+. The van der Waals surface area contributed by atoms with Gasteiger partial charge < -0.3 is 15.1 Å². The van der Waals surface area contributed by atoms with Crippen LogP contribution in [0, 0.1) is 12.7 Å². The van der Waals surface area contributed by atoms with Gasteiger partial charge in [-0.25, -0.2) is 4.39 Å². The Balaban J connectivity index is 1.52. The van der Waals surface area contributed by atoms with E-state index in [1.807, 2.05) is 25.1 Å². The summed E-state index contributed by atoms with van der Waals surface area (Å²) in [4.78, 5) is 15.8. The van der Waals surface area contributed by atoms with Crippen LogP contribution in [0.5, 0.6) is 0 Å². The van der Waals surface area contributed by atoms with Crippen molar-refractivity contribution in [2.24, 2.45) is 0 Å². The van der Waals surface area contributed by atoms with Crippen molar-refractivity contribution in [3.8, 4) is 0 Å². The Morgan fingerprint density at radius 1 is 1.24 bits per heavy atom. The molecule has 3 rings (SSSR count). The van der Waals surface area contributed by atoms with Gasteiger partial charge in [-0.2, -0.15) is 0 Å². The number of quaternary nitrogens is 1. The molecule has 6 heteroatoms. The van der Waals surface area contributed by atoms with Crippen LogP contribution in [0.3, 0.4) is 0 Å². The summed E-state index contributed by atoms with van der Waals surface area (Å²) in [5.74, 6) is -0.428. The first kappa shape index (κ1) is 17.7. The predicted molar refractivity (Wildman–Crippen MR) is 99.0 cm³/mol. The molecule has 1 fully saturated rings. The summed E-state index contributed by atoms with van der Waals surface area (Å²) in [6, 6.07) is 12.3. The van der Waals surface area contributed by atoms with Crippen LogP contribution >= 0.6 is 11.6 Å². The first-order valence-corrected chi connectivity index (χ1v) is 8.79. The zero-order chi connectivity index (χ0) is 17.8. The maximum atomic E-state index is 13.3. The van der Waals surface area contributed by atoms with Crippen molar-refractivity contribution in [1.29, 1.82) is 0 Å². The minimum absolute atomic E-state index is 0.0834. The van der Waals surface area contributed by atoms with Crippen LogP contribution in [0.4, 0.5) is 15.8 Å². The van der Waals surface area contributed by atoms with E-state index in [9.17, 15) is 9.18 Å². The number of anilines is 2. The number of nitrogens with zero attached hydrogens (tertiary/aromatic N) is 1. The van der Waals surface area contributed by atoms with Crippen molar-refractivity contribution in [3.63, 3.8) is 0 Å². The lowest BCUT2D eigenvalue weighted by Gasteiger charge is -2.33. The molecule has 0 bridgehead atoms. The van der Waals surface area contributed by atoms with E-state index in [2.05, 4.69) is 16.3 Å². The third kappa shape index (κ3) is 4.71. The fraction of sp³-hybridized carbons (Fsp3) is 0.316. The number of hydrogen-bond donors (Lipinski definition) is 2. The molecular weight excluding hydrogens is 341 g/mol. The lowest BCUT2D eigenvalue weighted by Crippen LogP contribution is -3.15. The van der Waals surface area contributed by atoms with E-state index in [0.717, 1.165) is 42.5 Å². The SMILES string of the molecule is Cc1ccc(F)cc1NC(=O)C[NH+]1CCN(c2cccc(Cl)c2)CC1. The van der Waals surface area contributed by atoms with Crippen molar-refractivity contribution in [2.75, 3.05) is 42.9 Å². The van der Waals surface area contributed by atoms with Gasteiger partial charge in [-0.05, 0) is 42.8 Å². The smallest absolute Gasteiger partial charge is 0.279 e. The third-order valence-corrected chi connectivity index (χ3v) is 4.76. The summed E-state index contributed by atoms with van der Waals surface area (Å²) in [7, 11) is 0. The summed E-state index contributed by atoms with van der Waals surface area (Å²) in [5.41, 5.74) is 2.52. The van der Waals surface area contributed by atoms with Gasteiger partial charge in [0.2, 0.25) is 0 Å². The average Bonchev–Trinajstić information content (AvgIpc) is 2.59. The molecule has 1 aliphatic heterocycles. The van der Waals surface area contributed by atoms with Crippen molar-refractivity contribution in [2.45, 2.75) is 6.92 Å². The Kier molecular flexibility index (Phi) is 5.56. The minimum Gasteiger partial charge on any atom is -0.360 e. The van der Waals surface area contributed by atoms with Crippen molar-refractivity contribution < 1.29 is 14.1 Å². The molecule has 1 heterocycles. The van der Waals surface area contributed by atoms with Crippen LogP contribution in [0.1, 0.15) is 5.56 Å². The third-order valence-electron chi connectivity index (χ3n) is 4.53. The number of hydrogen-bond acceptors (Lipinski definition) is 2. The van der Waals surface area contributed by atoms with E-state index >= 15 is 0 Å². The predicted octanol–water partition coefficient (Wildman–Crippen LogP) is 2.13. The Morgan fingerprint density at radius 3 is 2.72 bits per heavy atom. The molecule has 2 N–H and O–H groups in total. The van der Waals surface area contributed by atoms with Gasteiger partial charge in [0.15, 0.2) is 6.54 Å². The molecule has 0 aliphatic carbocycles. The topological polar surface area (TPSA) is 36.8 Å². The number of aryl methyl sites for hydroxylation is 1. The number of rotatable bonds is 4. The first-order chi connectivity index (χ1) is 12.0. The average molecular weight is 363 g/mol. The van der Waals surface area contributed by atoms with Gasteiger partial charge in [0.05, 0.1) is 26.2 Å². The second-order valence-corrected chi connectivity index (χ2v) is 6.84.